The normalized spacial score (nSPS) is 10.2. The second-order valence-corrected chi connectivity index (χ2v) is 3.36. The summed E-state index contributed by atoms with van der Waals surface area (Å²) in [6.45, 7) is 0. The molecule has 0 saturated carbocycles. The maximum atomic E-state index is 13.2. The van der Waals surface area contributed by atoms with E-state index < -0.39 is 5.82 Å². The van der Waals surface area contributed by atoms with Crippen molar-refractivity contribution in [2.24, 2.45) is 0 Å². The smallest absolute Gasteiger partial charge is 0.327 e. The van der Waals surface area contributed by atoms with Crippen molar-refractivity contribution in [2.75, 3.05) is 0 Å². The molecule has 1 aromatic carbocycles. The minimum absolute atomic E-state index is 0.0131. The Balaban J connectivity index is 2.30. The summed E-state index contributed by atoms with van der Waals surface area (Å²) in [6, 6.07) is 5.68. The third-order valence-electron chi connectivity index (χ3n) is 1.60. The fourth-order valence-corrected chi connectivity index (χ4v) is 1.33. The molecule has 0 N–H and O–H groups in total. The van der Waals surface area contributed by atoms with Gasteiger partial charge in [-0.3, -0.25) is 0 Å². The van der Waals surface area contributed by atoms with E-state index in [0.717, 1.165) is 0 Å². The fourth-order valence-electron chi connectivity index (χ4n) is 0.980. The molecule has 0 spiro atoms. The van der Waals surface area contributed by atoms with Crippen LogP contribution in [0.5, 0.6) is 11.8 Å². The van der Waals surface area contributed by atoms with Gasteiger partial charge >= 0.3 is 6.01 Å². The molecule has 4 nitrogen and oxygen atoms in total. The summed E-state index contributed by atoms with van der Waals surface area (Å²) in [4.78, 5) is 10.8. The SMILES string of the molecule is Fc1ccccc1Oc1nc(Cl)nc(Cl)n1. The number of hydrogen-bond donors (Lipinski definition) is 0. The van der Waals surface area contributed by atoms with Gasteiger partial charge in [-0.15, -0.1) is 0 Å². The lowest BCUT2D eigenvalue weighted by Crippen LogP contribution is -1.96. The number of benzene rings is 1. The molecule has 0 saturated heterocycles. The van der Waals surface area contributed by atoms with Crippen LogP contribution in [0.15, 0.2) is 24.3 Å². The summed E-state index contributed by atoms with van der Waals surface area (Å²) in [7, 11) is 0. The molecule has 0 fully saturated rings. The number of nitrogens with zero attached hydrogens (tertiary/aromatic N) is 3. The van der Waals surface area contributed by atoms with E-state index in [9.17, 15) is 4.39 Å². The van der Waals surface area contributed by atoms with E-state index in [1.54, 1.807) is 6.07 Å². The van der Waals surface area contributed by atoms with Crippen LogP contribution in [-0.4, -0.2) is 15.0 Å². The molecule has 0 aliphatic carbocycles. The van der Waals surface area contributed by atoms with Crippen LogP contribution in [0.1, 0.15) is 0 Å². The first-order valence-corrected chi connectivity index (χ1v) is 4.90. The number of aromatic nitrogens is 3. The zero-order chi connectivity index (χ0) is 11.5. The number of halogens is 3. The lowest BCUT2D eigenvalue weighted by Gasteiger charge is -2.04. The summed E-state index contributed by atoms with van der Waals surface area (Å²) in [5, 5.41) is -0.238. The Labute approximate surface area is 100 Å². The summed E-state index contributed by atoms with van der Waals surface area (Å²) >= 11 is 11.1. The van der Waals surface area contributed by atoms with Gasteiger partial charge in [0.15, 0.2) is 11.6 Å². The first-order chi connectivity index (χ1) is 7.65. The third kappa shape index (κ3) is 2.56. The van der Waals surface area contributed by atoms with Crippen molar-refractivity contribution < 1.29 is 9.13 Å². The van der Waals surface area contributed by atoms with Gasteiger partial charge in [-0.05, 0) is 35.3 Å². The van der Waals surface area contributed by atoms with E-state index in [1.165, 1.54) is 18.2 Å². The monoisotopic (exact) mass is 259 g/mol. The minimum atomic E-state index is -0.532. The number of ether oxygens (including phenoxy) is 1. The molecule has 7 heteroatoms. The van der Waals surface area contributed by atoms with Crippen LogP contribution >= 0.6 is 23.2 Å². The molecule has 0 aliphatic heterocycles. The quantitative estimate of drug-likeness (QED) is 0.832. The van der Waals surface area contributed by atoms with Crippen LogP contribution < -0.4 is 4.74 Å². The van der Waals surface area contributed by atoms with Gasteiger partial charge in [-0.1, -0.05) is 12.1 Å². The zero-order valence-corrected chi connectivity index (χ0v) is 9.21. The lowest BCUT2D eigenvalue weighted by molar-refractivity contribution is 0.409. The summed E-state index contributed by atoms with van der Waals surface area (Å²) in [5.74, 6) is -0.545. The molecule has 16 heavy (non-hydrogen) atoms. The maximum absolute atomic E-state index is 13.2. The van der Waals surface area contributed by atoms with Gasteiger partial charge < -0.3 is 4.74 Å². The Kier molecular flexibility index (Phi) is 3.17. The summed E-state index contributed by atoms with van der Waals surface area (Å²) in [6.07, 6.45) is 0. The van der Waals surface area contributed by atoms with Crippen molar-refractivity contribution in [3.63, 3.8) is 0 Å². The highest BCUT2D eigenvalue weighted by atomic mass is 35.5. The first kappa shape index (κ1) is 11.0. The van der Waals surface area contributed by atoms with E-state index in [-0.39, 0.29) is 22.3 Å². The molecule has 1 heterocycles. The van der Waals surface area contributed by atoms with Crippen molar-refractivity contribution >= 4 is 23.2 Å². The van der Waals surface area contributed by atoms with Gasteiger partial charge in [0.2, 0.25) is 10.6 Å². The van der Waals surface area contributed by atoms with Crippen LogP contribution in [0.4, 0.5) is 4.39 Å². The second-order valence-electron chi connectivity index (χ2n) is 2.69. The minimum Gasteiger partial charge on any atom is -0.421 e. The summed E-state index contributed by atoms with van der Waals surface area (Å²) in [5.41, 5.74) is 0. The highest BCUT2D eigenvalue weighted by Gasteiger charge is 2.08. The third-order valence-corrected chi connectivity index (χ3v) is 1.94. The van der Waals surface area contributed by atoms with Gasteiger partial charge in [-0.2, -0.15) is 15.0 Å². The maximum Gasteiger partial charge on any atom is 0.327 e. The molecule has 0 unspecified atom stereocenters. The van der Waals surface area contributed by atoms with E-state index in [2.05, 4.69) is 15.0 Å². The molecular weight excluding hydrogens is 256 g/mol. The Hall–Kier alpha value is -1.46. The Morgan fingerprint density at radius 2 is 1.62 bits per heavy atom. The Bertz CT molecular complexity index is 504. The van der Waals surface area contributed by atoms with Crippen LogP contribution in [0.25, 0.3) is 0 Å². The van der Waals surface area contributed by atoms with Gasteiger partial charge in [0.1, 0.15) is 0 Å². The van der Waals surface area contributed by atoms with Crippen LogP contribution in [0, 0.1) is 5.82 Å². The topological polar surface area (TPSA) is 47.9 Å². The van der Waals surface area contributed by atoms with Crippen molar-refractivity contribution in [1.82, 2.24) is 15.0 Å². The van der Waals surface area contributed by atoms with Gasteiger partial charge in [0.25, 0.3) is 0 Å². The molecule has 0 bridgehead atoms. The van der Waals surface area contributed by atoms with Crippen molar-refractivity contribution in [1.29, 1.82) is 0 Å². The highest BCUT2D eigenvalue weighted by molar-refractivity contribution is 6.31. The van der Waals surface area contributed by atoms with Crippen molar-refractivity contribution in [3.8, 4) is 11.8 Å². The largest absolute Gasteiger partial charge is 0.421 e. The molecule has 2 rings (SSSR count). The van der Waals surface area contributed by atoms with Gasteiger partial charge in [0.05, 0.1) is 0 Å². The van der Waals surface area contributed by atoms with E-state index in [1.807, 2.05) is 0 Å². The molecule has 0 aliphatic rings. The fraction of sp³-hybridized carbons (Fsp3) is 0. The molecule has 1 aromatic heterocycles. The lowest BCUT2D eigenvalue weighted by atomic mass is 10.3. The number of hydrogen-bond acceptors (Lipinski definition) is 4. The molecule has 2 aromatic rings. The zero-order valence-electron chi connectivity index (χ0n) is 7.69. The average molecular weight is 260 g/mol. The predicted octanol–water partition coefficient (Wildman–Crippen LogP) is 3.11. The van der Waals surface area contributed by atoms with Crippen molar-refractivity contribution in [2.45, 2.75) is 0 Å². The average Bonchev–Trinajstić information content (AvgIpc) is 2.20. The van der Waals surface area contributed by atoms with Gasteiger partial charge in [-0.25, -0.2) is 4.39 Å². The molecule has 0 atom stereocenters. The Morgan fingerprint density at radius 3 is 2.25 bits per heavy atom. The molecule has 0 radical (unpaired) electrons. The van der Waals surface area contributed by atoms with Crippen LogP contribution in [-0.2, 0) is 0 Å². The van der Waals surface area contributed by atoms with Crippen LogP contribution in [0.3, 0.4) is 0 Å². The number of rotatable bonds is 2. The molecule has 0 amide bonds. The standard InChI is InChI=1S/C9H4Cl2FN3O/c10-7-13-8(11)15-9(14-7)16-6-4-2-1-3-5(6)12/h1-4H. The molecular formula is C9H4Cl2FN3O. The van der Waals surface area contributed by atoms with E-state index in [0.29, 0.717) is 0 Å². The first-order valence-electron chi connectivity index (χ1n) is 4.14. The van der Waals surface area contributed by atoms with E-state index >= 15 is 0 Å². The Morgan fingerprint density at radius 1 is 1.00 bits per heavy atom. The summed E-state index contributed by atoms with van der Waals surface area (Å²) < 4.78 is 18.3. The number of para-hydroxylation sites is 1. The van der Waals surface area contributed by atoms with E-state index in [4.69, 9.17) is 27.9 Å². The molecule has 82 valence electrons. The highest BCUT2D eigenvalue weighted by Crippen LogP contribution is 2.22. The van der Waals surface area contributed by atoms with Crippen LogP contribution in [0.2, 0.25) is 10.6 Å². The van der Waals surface area contributed by atoms with Crippen molar-refractivity contribution in [3.05, 3.63) is 40.6 Å². The predicted molar refractivity (Wildman–Crippen MR) is 56.3 cm³/mol. The van der Waals surface area contributed by atoms with Gasteiger partial charge in [0, 0.05) is 0 Å². The second kappa shape index (κ2) is 4.59.